The molecule has 0 fully saturated rings. The van der Waals surface area contributed by atoms with Crippen LogP contribution < -0.4 is 5.32 Å². The number of nitrogens with one attached hydrogen (secondary N) is 1. The number of hydrogen-bond donors (Lipinski definition) is 2. The fourth-order valence-electron chi connectivity index (χ4n) is 1.34. The minimum atomic E-state index is -0.992. The van der Waals surface area contributed by atoms with Crippen LogP contribution in [0.25, 0.3) is 0 Å². The van der Waals surface area contributed by atoms with Crippen molar-refractivity contribution in [1.29, 1.82) is 0 Å². The van der Waals surface area contributed by atoms with E-state index in [2.05, 4.69) is 21.2 Å². The van der Waals surface area contributed by atoms with Gasteiger partial charge >= 0.3 is 5.97 Å². The Kier molecular flexibility index (Phi) is 3.78. The van der Waals surface area contributed by atoms with Gasteiger partial charge in [0.05, 0.1) is 5.56 Å². The molecule has 1 amide bonds. The predicted molar refractivity (Wildman–Crippen MR) is 73.4 cm³/mol. The molecule has 1 heterocycles. The van der Waals surface area contributed by atoms with Crippen molar-refractivity contribution in [3.8, 4) is 0 Å². The number of carboxylic acids is 1. The Bertz CT molecular complexity index is 592. The molecule has 6 heteroatoms. The zero-order valence-electron chi connectivity index (χ0n) is 9.01. The second kappa shape index (κ2) is 5.32. The van der Waals surface area contributed by atoms with Crippen LogP contribution in [0.1, 0.15) is 20.0 Å². The van der Waals surface area contributed by atoms with Gasteiger partial charge in [-0.05, 0) is 51.6 Å². The minimum Gasteiger partial charge on any atom is -0.478 e. The molecule has 0 saturated heterocycles. The lowest BCUT2D eigenvalue weighted by atomic mass is 10.2. The number of hydrogen-bond acceptors (Lipinski definition) is 3. The molecule has 2 N–H and O–H groups in total. The molecular weight excluding hydrogens is 318 g/mol. The molecule has 18 heavy (non-hydrogen) atoms. The van der Waals surface area contributed by atoms with Gasteiger partial charge in [0.1, 0.15) is 4.88 Å². The molecule has 0 unspecified atom stereocenters. The number of anilines is 1. The number of carbonyl (C=O) groups is 2. The third-order valence-corrected chi connectivity index (χ3v) is 4.05. The van der Waals surface area contributed by atoms with E-state index in [4.69, 9.17) is 5.11 Å². The van der Waals surface area contributed by atoms with Gasteiger partial charge in [0, 0.05) is 10.2 Å². The number of aromatic carboxylic acids is 1. The van der Waals surface area contributed by atoms with Gasteiger partial charge in [0.25, 0.3) is 5.91 Å². The first kappa shape index (κ1) is 12.8. The molecule has 0 saturated carbocycles. The van der Waals surface area contributed by atoms with Crippen molar-refractivity contribution in [2.24, 2.45) is 0 Å². The highest BCUT2D eigenvalue weighted by Crippen LogP contribution is 2.23. The topological polar surface area (TPSA) is 66.4 Å². The lowest BCUT2D eigenvalue weighted by Gasteiger charge is -2.04. The number of amides is 1. The normalized spacial score (nSPS) is 10.1. The highest BCUT2D eigenvalue weighted by molar-refractivity contribution is 9.10. The van der Waals surface area contributed by atoms with Crippen molar-refractivity contribution < 1.29 is 14.7 Å². The molecule has 1 aromatic heterocycles. The summed E-state index contributed by atoms with van der Waals surface area (Å²) in [5, 5.41) is 13.3. The van der Waals surface area contributed by atoms with Crippen molar-refractivity contribution >= 4 is 44.8 Å². The Balaban J connectivity index is 2.13. The lowest BCUT2D eigenvalue weighted by Crippen LogP contribution is -2.10. The van der Waals surface area contributed by atoms with Crippen molar-refractivity contribution in [3.05, 3.63) is 50.6 Å². The summed E-state index contributed by atoms with van der Waals surface area (Å²) in [7, 11) is 0. The lowest BCUT2D eigenvalue weighted by molar-refractivity contribution is 0.0696. The molecule has 0 spiro atoms. The molecule has 0 aliphatic carbocycles. The molecule has 0 bridgehead atoms. The van der Waals surface area contributed by atoms with E-state index >= 15 is 0 Å². The number of halogens is 1. The predicted octanol–water partition coefficient (Wildman–Crippen LogP) is 3.46. The van der Waals surface area contributed by atoms with E-state index in [0.29, 0.717) is 10.6 Å². The standard InChI is InChI=1S/C12H8BrNO3S/c13-9-5-6-18-10(9)11(15)14-8-3-1-7(2-4-8)12(16)17/h1-6H,(H,14,15)(H,16,17). The van der Waals surface area contributed by atoms with E-state index in [1.807, 2.05) is 5.38 Å². The SMILES string of the molecule is O=C(O)c1ccc(NC(=O)c2sccc2Br)cc1. The van der Waals surface area contributed by atoms with Crippen LogP contribution in [-0.2, 0) is 0 Å². The van der Waals surface area contributed by atoms with Gasteiger partial charge in [-0.15, -0.1) is 11.3 Å². The van der Waals surface area contributed by atoms with Gasteiger partial charge in [-0.1, -0.05) is 0 Å². The number of benzene rings is 1. The molecule has 0 radical (unpaired) electrons. The van der Waals surface area contributed by atoms with Crippen LogP contribution in [0.4, 0.5) is 5.69 Å². The Morgan fingerprint density at radius 1 is 1.17 bits per heavy atom. The van der Waals surface area contributed by atoms with Gasteiger partial charge in [0.15, 0.2) is 0 Å². The maximum absolute atomic E-state index is 11.9. The highest BCUT2D eigenvalue weighted by Gasteiger charge is 2.11. The van der Waals surface area contributed by atoms with Crippen LogP contribution in [0.3, 0.4) is 0 Å². The van der Waals surface area contributed by atoms with Crippen LogP contribution >= 0.6 is 27.3 Å². The molecular formula is C12H8BrNO3S. The maximum Gasteiger partial charge on any atom is 0.335 e. The van der Waals surface area contributed by atoms with Crippen LogP contribution in [0, 0.1) is 0 Å². The van der Waals surface area contributed by atoms with Gasteiger partial charge < -0.3 is 10.4 Å². The average Bonchev–Trinajstić information content (AvgIpc) is 2.76. The van der Waals surface area contributed by atoms with Gasteiger partial charge in [-0.3, -0.25) is 4.79 Å². The number of carbonyl (C=O) groups excluding carboxylic acids is 1. The minimum absolute atomic E-state index is 0.185. The second-order valence-corrected chi connectivity index (χ2v) is 5.20. The third kappa shape index (κ3) is 2.77. The van der Waals surface area contributed by atoms with Crippen molar-refractivity contribution in [2.45, 2.75) is 0 Å². The number of thiophene rings is 1. The summed E-state index contributed by atoms with van der Waals surface area (Å²) >= 11 is 4.61. The average molecular weight is 326 g/mol. The van der Waals surface area contributed by atoms with E-state index in [1.54, 1.807) is 18.2 Å². The first-order valence-electron chi connectivity index (χ1n) is 4.95. The molecule has 2 aromatic rings. The summed E-state index contributed by atoms with van der Waals surface area (Å²) in [4.78, 5) is 23.1. The smallest absolute Gasteiger partial charge is 0.335 e. The molecule has 2 rings (SSSR count). The third-order valence-electron chi connectivity index (χ3n) is 2.21. The molecule has 0 aliphatic rings. The van der Waals surface area contributed by atoms with Gasteiger partial charge in [0.2, 0.25) is 0 Å². The molecule has 1 aromatic carbocycles. The second-order valence-electron chi connectivity index (χ2n) is 3.43. The van der Waals surface area contributed by atoms with E-state index in [1.165, 1.54) is 23.5 Å². The molecule has 0 aliphatic heterocycles. The number of rotatable bonds is 3. The van der Waals surface area contributed by atoms with E-state index in [9.17, 15) is 9.59 Å². The quantitative estimate of drug-likeness (QED) is 0.908. The summed E-state index contributed by atoms with van der Waals surface area (Å²) in [6.45, 7) is 0. The summed E-state index contributed by atoms with van der Waals surface area (Å²) < 4.78 is 0.743. The number of carboxylic acid groups (broad SMARTS) is 1. The summed E-state index contributed by atoms with van der Waals surface area (Å²) in [5.74, 6) is -1.21. The van der Waals surface area contributed by atoms with Crippen molar-refractivity contribution in [2.75, 3.05) is 5.32 Å². The van der Waals surface area contributed by atoms with Crippen LogP contribution in [0.2, 0.25) is 0 Å². The Morgan fingerprint density at radius 3 is 2.33 bits per heavy atom. The monoisotopic (exact) mass is 325 g/mol. The fraction of sp³-hybridized carbons (Fsp3) is 0. The fourth-order valence-corrected chi connectivity index (χ4v) is 2.79. The zero-order chi connectivity index (χ0) is 13.1. The van der Waals surface area contributed by atoms with Crippen LogP contribution in [0.15, 0.2) is 40.2 Å². The first-order chi connectivity index (χ1) is 8.58. The Labute approximate surface area is 115 Å². The molecule has 4 nitrogen and oxygen atoms in total. The van der Waals surface area contributed by atoms with Gasteiger partial charge in [-0.25, -0.2) is 4.79 Å². The zero-order valence-corrected chi connectivity index (χ0v) is 11.4. The van der Waals surface area contributed by atoms with E-state index in [-0.39, 0.29) is 11.5 Å². The van der Waals surface area contributed by atoms with E-state index < -0.39 is 5.97 Å². The largest absolute Gasteiger partial charge is 0.478 e. The van der Waals surface area contributed by atoms with Gasteiger partial charge in [-0.2, -0.15) is 0 Å². The maximum atomic E-state index is 11.9. The van der Waals surface area contributed by atoms with Crippen molar-refractivity contribution in [1.82, 2.24) is 0 Å². The highest BCUT2D eigenvalue weighted by atomic mass is 79.9. The van der Waals surface area contributed by atoms with Crippen LogP contribution in [0.5, 0.6) is 0 Å². The van der Waals surface area contributed by atoms with Crippen molar-refractivity contribution in [3.63, 3.8) is 0 Å². The molecule has 92 valence electrons. The summed E-state index contributed by atoms with van der Waals surface area (Å²) in [6.07, 6.45) is 0. The first-order valence-corrected chi connectivity index (χ1v) is 6.63. The summed E-state index contributed by atoms with van der Waals surface area (Å²) in [6, 6.07) is 7.81. The van der Waals surface area contributed by atoms with E-state index in [0.717, 1.165) is 4.47 Å². The summed E-state index contributed by atoms with van der Waals surface area (Å²) in [5.41, 5.74) is 0.746. The Hall–Kier alpha value is -1.66. The van der Waals surface area contributed by atoms with Crippen LogP contribution in [-0.4, -0.2) is 17.0 Å². The molecule has 0 atom stereocenters. The Morgan fingerprint density at radius 2 is 1.83 bits per heavy atom.